The van der Waals surface area contributed by atoms with E-state index in [1.807, 2.05) is 53.4 Å². The Labute approximate surface area is 152 Å². The Morgan fingerprint density at radius 1 is 1.27 bits per heavy atom. The zero-order valence-electron chi connectivity index (χ0n) is 14.5. The fourth-order valence-electron chi connectivity index (χ4n) is 3.44. The van der Waals surface area contributed by atoms with Crippen molar-refractivity contribution in [1.29, 1.82) is 0 Å². The van der Waals surface area contributed by atoms with Crippen LogP contribution in [0.25, 0.3) is 11.0 Å². The average Bonchev–Trinajstić information content (AvgIpc) is 3.32. The number of nitrogens with zero attached hydrogens (tertiary/aromatic N) is 2. The van der Waals surface area contributed by atoms with Gasteiger partial charge in [-0.3, -0.25) is 4.79 Å². The number of para-hydroxylation sites is 2. The van der Waals surface area contributed by atoms with E-state index in [4.69, 9.17) is 9.72 Å². The van der Waals surface area contributed by atoms with Crippen LogP contribution in [0.5, 0.6) is 5.75 Å². The van der Waals surface area contributed by atoms with Gasteiger partial charge < -0.3 is 14.6 Å². The standard InChI is InChI=1S/C21H21N3O2/c1-2-14-26-16-11-9-15(10-12-16)21(25)24-13-5-8-19(24)20-22-17-6-3-4-7-18(17)23-20/h2-4,6-7,9-12,19H,1,5,8,13-14H2,(H,22,23). The number of amides is 1. The van der Waals surface area contributed by atoms with E-state index in [0.717, 1.165) is 42.0 Å². The van der Waals surface area contributed by atoms with Gasteiger partial charge in [-0.05, 0) is 49.2 Å². The van der Waals surface area contributed by atoms with Gasteiger partial charge in [0.2, 0.25) is 0 Å². The normalized spacial score (nSPS) is 16.8. The van der Waals surface area contributed by atoms with E-state index in [1.165, 1.54) is 0 Å². The van der Waals surface area contributed by atoms with Gasteiger partial charge in [-0.25, -0.2) is 4.98 Å². The molecular weight excluding hydrogens is 326 g/mol. The molecule has 1 N–H and O–H groups in total. The lowest BCUT2D eigenvalue weighted by molar-refractivity contribution is 0.0730. The Balaban J connectivity index is 1.55. The number of carbonyl (C=O) groups excluding carboxylic acids is 1. The molecule has 1 aromatic heterocycles. The third kappa shape index (κ3) is 3.08. The number of ether oxygens (including phenoxy) is 1. The molecule has 2 heterocycles. The number of hydrogen-bond donors (Lipinski definition) is 1. The Morgan fingerprint density at radius 2 is 2.08 bits per heavy atom. The molecular formula is C21H21N3O2. The second kappa shape index (κ2) is 7.04. The molecule has 0 aliphatic carbocycles. The first kappa shape index (κ1) is 16.4. The molecule has 1 amide bonds. The Hall–Kier alpha value is -3.08. The van der Waals surface area contributed by atoms with Gasteiger partial charge in [0.15, 0.2) is 0 Å². The molecule has 5 heteroatoms. The number of carbonyl (C=O) groups is 1. The van der Waals surface area contributed by atoms with E-state index in [-0.39, 0.29) is 11.9 Å². The van der Waals surface area contributed by atoms with Crippen molar-refractivity contribution in [2.45, 2.75) is 18.9 Å². The number of likely N-dealkylation sites (tertiary alicyclic amines) is 1. The number of aromatic amines is 1. The van der Waals surface area contributed by atoms with Crippen LogP contribution in [-0.2, 0) is 0 Å². The van der Waals surface area contributed by atoms with Crippen LogP contribution in [0.15, 0.2) is 61.2 Å². The van der Waals surface area contributed by atoms with E-state index in [9.17, 15) is 4.79 Å². The van der Waals surface area contributed by atoms with E-state index >= 15 is 0 Å². The predicted octanol–water partition coefficient (Wildman–Crippen LogP) is 4.11. The first-order valence-electron chi connectivity index (χ1n) is 8.85. The first-order valence-corrected chi connectivity index (χ1v) is 8.85. The maximum atomic E-state index is 13.0. The van der Waals surface area contributed by atoms with Gasteiger partial charge in [0.1, 0.15) is 18.2 Å². The molecule has 0 saturated carbocycles. The van der Waals surface area contributed by atoms with Crippen LogP contribution in [0.3, 0.4) is 0 Å². The van der Waals surface area contributed by atoms with Crippen molar-refractivity contribution < 1.29 is 9.53 Å². The Kier molecular flexibility index (Phi) is 4.44. The Morgan fingerprint density at radius 3 is 2.85 bits per heavy atom. The van der Waals surface area contributed by atoms with Crippen LogP contribution in [0.2, 0.25) is 0 Å². The highest BCUT2D eigenvalue weighted by Crippen LogP contribution is 2.32. The minimum Gasteiger partial charge on any atom is -0.490 e. The van der Waals surface area contributed by atoms with Crippen molar-refractivity contribution in [2.24, 2.45) is 0 Å². The summed E-state index contributed by atoms with van der Waals surface area (Å²) < 4.78 is 5.48. The largest absolute Gasteiger partial charge is 0.490 e. The summed E-state index contributed by atoms with van der Waals surface area (Å²) in [5, 5.41) is 0. The maximum Gasteiger partial charge on any atom is 0.254 e. The minimum absolute atomic E-state index is 0.00778. The van der Waals surface area contributed by atoms with Crippen LogP contribution < -0.4 is 4.74 Å². The van der Waals surface area contributed by atoms with Gasteiger partial charge in [0.25, 0.3) is 5.91 Å². The average molecular weight is 347 g/mol. The molecule has 26 heavy (non-hydrogen) atoms. The second-order valence-electron chi connectivity index (χ2n) is 6.42. The van der Waals surface area contributed by atoms with Gasteiger partial charge in [-0.2, -0.15) is 0 Å². The van der Waals surface area contributed by atoms with E-state index < -0.39 is 0 Å². The Bertz CT molecular complexity index is 897. The third-order valence-electron chi connectivity index (χ3n) is 4.71. The number of aromatic nitrogens is 2. The van der Waals surface area contributed by atoms with Crippen LogP contribution in [0, 0.1) is 0 Å². The van der Waals surface area contributed by atoms with E-state index in [0.29, 0.717) is 12.2 Å². The number of imidazole rings is 1. The van der Waals surface area contributed by atoms with Crippen LogP contribution in [-0.4, -0.2) is 33.9 Å². The molecule has 4 rings (SSSR count). The smallest absolute Gasteiger partial charge is 0.254 e. The lowest BCUT2D eigenvalue weighted by Gasteiger charge is -2.23. The summed E-state index contributed by atoms with van der Waals surface area (Å²) >= 11 is 0. The third-order valence-corrected chi connectivity index (χ3v) is 4.71. The quantitative estimate of drug-likeness (QED) is 0.707. The number of nitrogens with one attached hydrogen (secondary N) is 1. The van der Waals surface area contributed by atoms with Crippen LogP contribution in [0.4, 0.5) is 0 Å². The highest BCUT2D eigenvalue weighted by molar-refractivity contribution is 5.94. The highest BCUT2D eigenvalue weighted by Gasteiger charge is 2.32. The van der Waals surface area contributed by atoms with Crippen LogP contribution >= 0.6 is 0 Å². The van der Waals surface area contributed by atoms with E-state index in [2.05, 4.69) is 11.6 Å². The first-order chi connectivity index (χ1) is 12.8. The summed E-state index contributed by atoms with van der Waals surface area (Å²) in [6, 6.07) is 15.2. The number of H-pyrrole nitrogens is 1. The van der Waals surface area contributed by atoms with Gasteiger partial charge in [-0.15, -0.1) is 0 Å². The molecule has 3 aromatic rings. The lowest BCUT2D eigenvalue weighted by atomic mass is 10.1. The number of rotatable bonds is 5. The molecule has 1 fully saturated rings. The summed E-state index contributed by atoms with van der Waals surface area (Å²) in [5.74, 6) is 1.63. The van der Waals surface area contributed by atoms with Gasteiger partial charge in [0.05, 0.1) is 17.1 Å². The van der Waals surface area contributed by atoms with Gasteiger partial charge in [-0.1, -0.05) is 24.8 Å². The highest BCUT2D eigenvalue weighted by atomic mass is 16.5. The predicted molar refractivity (Wildman–Crippen MR) is 101 cm³/mol. The number of fused-ring (bicyclic) bond motifs is 1. The fraction of sp³-hybridized carbons (Fsp3) is 0.238. The van der Waals surface area contributed by atoms with Crippen molar-refractivity contribution in [3.63, 3.8) is 0 Å². The molecule has 0 spiro atoms. The summed E-state index contributed by atoms with van der Waals surface area (Å²) in [4.78, 5) is 23.0. The lowest BCUT2D eigenvalue weighted by Crippen LogP contribution is -2.31. The maximum absolute atomic E-state index is 13.0. The minimum atomic E-state index is -0.00778. The molecule has 0 bridgehead atoms. The van der Waals surface area contributed by atoms with Crippen molar-refractivity contribution in [2.75, 3.05) is 13.2 Å². The molecule has 1 unspecified atom stereocenters. The molecule has 2 aromatic carbocycles. The molecule has 132 valence electrons. The van der Waals surface area contributed by atoms with Crippen molar-refractivity contribution in [1.82, 2.24) is 14.9 Å². The SMILES string of the molecule is C=CCOc1ccc(C(=O)N2CCCC2c2nc3ccccc3[nH]2)cc1. The van der Waals surface area contributed by atoms with Crippen molar-refractivity contribution >= 4 is 16.9 Å². The molecule has 1 atom stereocenters. The summed E-state index contributed by atoms with van der Waals surface area (Å²) in [7, 11) is 0. The zero-order valence-corrected chi connectivity index (χ0v) is 14.5. The summed E-state index contributed by atoms with van der Waals surface area (Å²) in [5.41, 5.74) is 2.61. The molecule has 0 radical (unpaired) electrons. The fourth-order valence-corrected chi connectivity index (χ4v) is 3.44. The monoisotopic (exact) mass is 347 g/mol. The number of hydrogen-bond acceptors (Lipinski definition) is 3. The second-order valence-corrected chi connectivity index (χ2v) is 6.42. The molecule has 5 nitrogen and oxygen atoms in total. The molecule has 1 aliphatic heterocycles. The van der Waals surface area contributed by atoms with Crippen molar-refractivity contribution in [3.05, 3.63) is 72.6 Å². The molecule has 1 aliphatic rings. The topological polar surface area (TPSA) is 58.2 Å². The van der Waals surface area contributed by atoms with Crippen LogP contribution in [0.1, 0.15) is 35.1 Å². The number of benzene rings is 2. The summed E-state index contributed by atoms with van der Waals surface area (Å²) in [6.07, 6.45) is 3.60. The van der Waals surface area contributed by atoms with Gasteiger partial charge in [0, 0.05) is 12.1 Å². The van der Waals surface area contributed by atoms with Crippen molar-refractivity contribution in [3.8, 4) is 5.75 Å². The zero-order chi connectivity index (χ0) is 17.9. The molecule has 1 saturated heterocycles. The summed E-state index contributed by atoms with van der Waals surface area (Å²) in [6.45, 7) is 4.83. The van der Waals surface area contributed by atoms with E-state index in [1.54, 1.807) is 6.08 Å². The van der Waals surface area contributed by atoms with Gasteiger partial charge >= 0.3 is 0 Å².